The van der Waals surface area contributed by atoms with E-state index in [1.807, 2.05) is 61.5 Å². The van der Waals surface area contributed by atoms with E-state index >= 15 is 0 Å². The lowest BCUT2D eigenvalue weighted by atomic mass is 10.2. The summed E-state index contributed by atoms with van der Waals surface area (Å²) in [5, 5.41) is 6.12. The molecule has 0 saturated carbocycles. The largest absolute Gasteiger partial charge is 0.455 e. The zero-order valence-electron chi connectivity index (χ0n) is 12.8. The average Bonchev–Trinajstić information content (AvgIpc) is 2.55. The van der Waals surface area contributed by atoms with Crippen molar-refractivity contribution < 1.29 is 9.53 Å². The third kappa shape index (κ3) is 5.13. The molecule has 22 heavy (non-hydrogen) atoms. The highest BCUT2D eigenvalue weighted by molar-refractivity contribution is 5.76. The van der Waals surface area contributed by atoms with Crippen LogP contribution in [0.2, 0.25) is 0 Å². The fourth-order valence-corrected chi connectivity index (χ4v) is 1.98. The van der Waals surface area contributed by atoms with Gasteiger partial charge in [-0.1, -0.05) is 37.3 Å². The Kier molecular flexibility index (Phi) is 6.30. The van der Waals surface area contributed by atoms with Gasteiger partial charge in [-0.05, 0) is 30.7 Å². The van der Waals surface area contributed by atoms with Crippen molar-refractivity contribution in [2.45, 2.75) is 19.8 Å². The van der Waals surface area contributed by atoms with E-state index in [1.54, 1.807) is 0 Å². The number of carbonyl (C=O) groups is 1. The van der Waals surface area contributed by atoms with Crippen molar-refractivity contribution in [2.24, 2.45) is 0 Å². The standard InChI is InChI=1S/C18H22N2O2/c1-2-13-20-18(21)12-14-19-16-10-6-7-11-17(16)22-15-8-4-3-5-9-15/h3-11,19H,2,12-14H2,1H3,(H,20,21). The van der Waals surface area contributed by atoms with Gasteiger partial charge in [0.2, 0.25) is 5.91 Å². The quantitative estimate of drug-likeness (QED) is 0.779. The lowest BCUT2D eigenvalue weighted by molar-refractivity contribution is -0.120. The Labute approximate surface area is 131 Å². The number of ether oxygens (including phenoxy) is 1. The molecule has 0 aliphatic heterocycles. The molecule has 4 heteroatoms. The van der Waals surface area contributed by atoms with Gasteiger partial charge in [-0.25, -0.2) is 0 Å². The summed E-state index contributed by atoms with van der Waals surface area (Å²) in [6.45, 7) is 3.34. The van der Waals surface area contributed by atoms with Crippen molar-refractivity contribution in [3.05, 3.63) is 54.6 Å². The van der Waals surface area contributed by atoms with Crippen molar-refractivity contribution in [1.29, 1.82) is 0 Å². The van der Waals surface area contributed by atoms with Crippen molar-refractivity contribution in [2.75, 3.05) is 18.4 Å². The number of hydrogen-bond donors (Lipinski definition) is 2. The van der Waals surface area contributed by atoms with Crippen LogP contribution in [0.15, 0.2) is 54.6 Å². The first-order valence-corrected chi connectivity index (χ1v) is 7.62. The van der Waals surface area contributed by atoms with Crippen LogP contribution in [0.1, 0.15) is 19.8 Å². The third-order valence-electron chi connectivity index (χ3n) is 3.10. The number of hydrogen-bond acceptors (Lipinski definition) is 3. The fourth-order valence-electron chi connectivity index (χ4n) is 1.98. The SMILES string of the molecule is CCCNC(=O)CCNc1ccccc1Oc1ccccc1. The molecule has 116 valence electrons. The van der Waals surface area contributed by atoms with Gasteiger partial charge in [-0.15, -0.1) is 0 Å². The fraction of sp³-hybridized carbons (Fsp3) is 0.278. The summed E-state index contributed by atoms with van der Waals surface area (Å²) in [5.74, 6) is 1.61. The molecule has 2 rings (SSSR count). The van der Waals surface area contributed by atoms with Crippen LogP contribution >= 0.6 is 0 Å². The maximum Gasteiger partial charge on any atom is 0.221 e. The van der Waals surface area contributed by atoms with Crippen molar-refractivity contribution in [3.8, 4) is 11.5 Å². The molecule has 2 aromatic rings. The molecule has 0 heterocycles. The van der Waals surface area contributed by atoms with Gasteiger partial charge in [-0.3, -0.25) is 4.79 Å². The molecule has 2 N–H and O–H groups in total. The normalized spacial score (nSPS) is 10.0. The lowest BCUT2D eigenvalue weighted by Gasteiger charge is -2.13. The maximum atomic E-state index is 11.6. The van der Waals surface area contributed by atoms with Crippen LogP contribution < -0.4 is 15.4 Å². The smallest absolute Gasteiger partial charge is 0.221 e. The number of carbonyl (C=O) groups excluding carboxylic acids is 1. The van der Waals surface area contributed by atoms with E-state index in [0.717, 1.165) is 30.2 Å². The van der Waals surface area contributed by atoms with Crippen LogP contribution in [0.5, 0.6) is 11.5 Å². The second-order valence-electron chi connectivity index (χ2n) is 4.94. The molecule has 0 radical (unpaired) electrons. The van der Waals surface area contributed by atoms with E-state index in [-0.39, 0.29) is 5.91 Å². The van der Waals surface area contributed by atoms with E-state index < -0.39 is 0 Å². The molecule has 0 unspecified atom stereocenters. The molecule has 0 spiro atoms. The summed E-state index contributed by atoms with van der Waals surface area (Å²) in [7, 11) is 0. The van der Waals surface area contributed by atoms with Gasteiger partial charge in [0.1, 0.15) is 5.75 Å². The Morgan fingerprint density at radius 1 is 1.00 bits per heavy atom. The van der Waals surface area contributed by atoms with Gasteiger partial charge < -0.3 is 15.4 Å². The van der Waals surface area contributed by atoms with Gasteiger partial charge in [0.15, 0.2) is 5.75 Å². The Hall–Kier alpha value is -2.49. The van der Waals surface area contributed by atoms with Crippen LogP contribution in [0.25, 0.3) is 0 Å². The van der Waals surface area contributed by atoms with Crippen LogP contribution in [0.4, 0.5) is 5.69 Å². The Morgan fingerprint density at radius 3 is 2.50 bits per heavy atom. The second kappa shape index (κ2) is 8.72. The summed E-state index contributed by atoms with van der Waals surface area (Å²) in [6.07, 6.45) is 1.40. The van der Waals surface area contributed by atoms with E-state index in [2.05, 4.69) is 10.6 Å². The second-order valence-corrected chi connectivity index (χ2v) is 4.94. The zero-order chi connectivity index (χ0) is 15.6. The van der Waals surface area contributed by atoms with Crippen molar-refractivity contribution in [3.63, 3.8) is 0 Å². The predicted molar refractivity (Wildman–Crippen MR) is 89.4 cm³/mol. The minimum Gasteiger partial charge on any atom is -0.455 e. The first-order valence-electron chi connectivity index (χ1n) is 7.62. The number of para-hydroxylation sites is 3. The van der Waals surface area contributed by atoms with E-state index in [4.69, 9.17) is 4.74 Å². The molecule has 0 bridgehead atoms. The van der Waals surface area contributed by atoms with Crippen molar-refractivity contribution >= 4 is 11.6 Å². The third-order valence-corrected chi connectivity index (χ3v) is 3.10. The van der Waals surface area contributed by atoms with Gasteiger partial charge in [-0.2, -0.15) is 0 Å². The van der Waals surface area contributed by atoms with Crippen LogP contribution in [0, 0.1) is 0 Å². The summed E-state index contributed by atoms with van der Waals surface area (Å²) >= 11 is 0. The highest BCUT2D eigenvalue weighted by atomic mass is 16.5. The molecule has 1 amide bonds. The molecule has 0 aromatic heterocycles. The van der Waals surface area contributed by atoms with Gasteiger partial charge in [0, 0.05) is 19.5 Å². The van der Waals surface area contributed by atoms with Crippen LogP contribution in [-0.2, 0) is 4.79 Å². The number of anilines is 1. The molecule has 0 aliphatic rings. The number of rotatable bonds is 8. The summed E-state index contributed by atoms with van der Waals surface area (Å²) in [4.78, 5) is 11.6. The minimum absolute atomic E-state index is 0.0656. The van der Waals surface area contributed by atoms with E-state index in [1.165, 1.54) is 0 Å². The zero-order valence-corrected chi connectivity index (χ0v) is 12.8. The van der Waals surface area contributed by atoms with E-state index in [0.29, 0.717) is 13.0 Å². The van der Waals surface area contributed by atoms with Gasteiger partial charge in [0.05, 0.1) is 5.69 Å². The lowest BCUT2D eigenvalue weighted by Crippen LogP contribution is -2.25. The maximum absolute atomic E-state index is 11.6. The van der Waals surface area contributed by atoms with Gasteiger partial charge >= 0.3 is 0 Å². The Bertz CT molecular complexity index is 585. The molecule has 0 atom stereocenters. The first-order chi connectivity index (χ1) is 10.8. The highest BCUT2D eigenvalue weighted by Crippen LogP contribution is 2.28. The molecular weight excluding hydrogens is 276 g/mol. The molecule has 4 nitrogen and oxygen atoms in total. The Morgan fingerprint density at radius 2 is 1.73 bits per heavy atom. The van der Waals surface area contributed by atoms with E-state index in [9.17, 15) is 4.79 Å². The first kappa shape index (κ1) is 15.9. The number of benzene rings is 2. The molecule has 0 saturated heterocycles. The van der Waals surface area contributed by atoms with Crippen LogP contribution in [-0.4, -0.2) is 19.0 Å². The molecule has 0 fully saturated rings. The Balaban J connectivity index is 1.90. The van der Waals surface area contributed by atoms with Crippen molar-refractivity contribution in [1.82, 2.24) is 5.32 Å². The summed E-state index contributed by atoms with van der Waals surface area (Å²) in [6, 6.07) is 17.4. The number of nitrogens with one attached hydrogen (secondary N) is 2. The summed E-state index contributed by atoms with van der Waals surface area (Å²) in [5.41, 5.74) is 0.884. The number of amides is 1. The molecule has 2 aromatic carbocycles. The van der Waals surface area contributed by atoms with Crippen LogP contribution in [0.3, 0.4) is 0 Å². The average molecular weight is 298 g/mol. The predicted octanol–water partition coefficient (Wildman–Crippen LogP) is 3.81. The van der Waals surface area contributed by atoms with Gasteiger partial charge in [0.25, 0.3) is 0 Å². The summed E-state index contributed by atoms with van der Waals surface area (Å²) < 4.78 is 5.87. The topological polar surface area (TPSA) is 50.4 Å². The minimum atomic E-state index is 0.0656. The monoisotopic (exact) mass is 298 g/mol. The molecule has 0 aliphatic carbocycles. The highest BCUT2D eigenvalue weighted by Gasteiger charge is 2.05. The molecular formula is C18H22N2O2.